The van der Waals surface area contributed by atoms with Crippen LogP contribution in [-0.2, 0) is 0 Å². The van der Waals surface area contributed by atoms with E-state index in [4.69, 9.17) is 12.2 Å². The van der Waals surface area contributed by atoms with Crippen LogP contribution in [0.3, 0.4) is 0 Å². The van der Waals surface area contributed by atoms with Gasteiger partial charge in [-0.25, -0.2) is 0 Å². The lowest BCUT2D eigenvalue weighted by Crippen LogP contribution is -3.06. The topological polar surface area (TPSA) is 19.7 Å². The molecule has 0 amide bonds. The smallest absolute Gasteiger partial charge is 0.173 e. The normalized spacial score (nSPS) is 10.5. The minimum Gasteiger partial charge on any atom is -0.357 e. The SMILES string of the molecule is CCN(C(=S)NCC[NH+](C)C)c1ccccc1C. The molecule has 2 N–H and O–H groups in total. The highest BCUT2D eigenvalue weighted by Gasteiger charge is 2.11. The van der Waals surface area contributed by atoms with E-state index in [0.717, 1.165) is 24.7 Å². The maximum Gasteiger partial charge on any atom is 0.173 e. The van der Waals surface area contributed by atoms with Crippen LogP contribution in [0.25, 0.3) is 0 Å². The molecule has 0 aliphatic carbocycles. The van der Waals surface area contributed by atoms with Crippen LogP contribution in [0, 0.1) is 6.92 Å². The van der Waals surface area contributed by atoms with Crippen molar-refractivity contribution >= 4 is 23.0 Å². The number of aryl methyl sites for hydroxylation is 1. The number of anilines is 1. The molecule has 0 bridgehead atoms. The number of benzene rings is 1. The zero-order chi connectivity index (χ0) is 13.5. The number of para-hydroxylation sites is 1. The highest BCUT2D eigenvalue weighted by molar-refractivity contribution is 7.80. The van der Waals surface area contributed by atoms with Crippen molar-refractivity contribution in [3.63, 3.8) is 0 Å². The molecule has 1 aromatic rings. The van der Waals surface area contributed by atoms with E-state index in [0.29, 0.717) is 0 Å². The second kappa shape index (κ2) is 7.34. The summed E-state index contributed by atoms with van der Waals surface area (Å²) in [7, 11) is 4.29. The van der Waals surface area contributed by atoms with E-state index in [-0.39, 0.29) is 0 Å². The van der Waals surface area contributed by atoms with E-state index >= 15 is 0 Å². The van der Waals surface area contributed by atoms with Crippen molar-refractivity contribution in [2.75, 3.05) is 38.6 Å². The largest absolute Gasteiger partial charge is 0.357 e. The summed E-state index contributed by atoms with van der Waals surface area (Å²) >= 11 is 5.47. The first kappa shape index (κ1) is 14.9. The number of nitrogens with one attached hydrogen (secondary N) is 2. The van der Waals surface area contributed by atoms with Crippen molar-refractivity contribution in [1.82, 2.24) is 5.32 Å². The van der Waals surface area contributed by atoms with Crippen LogP contribution in [0.1, 0.15) is 12.5 Å². The highest BCUT2D eigenvalue weighted by Crippen LogP contribution is 2.19. The summed E-state index contributed by atoms with van der Waals surface area (Å²) in [6.45, 7) is 7.09. The minimum absolute atomic E-state index is 0.813. The van der Waals surface area contributed by atoms with E-state index < -0.39 is 0 Å². The summed E-state index contributed by atoms with van der Waals surface area (Å²) in [6, 6.07) is 8.34. The number of rotatable bonds is 5. The Labute approximate surface area is 116 Å². The van der Waals surface area contributed by atoms with Crippen molar-refractivity contribution in [3.05, 3.63) is 29.8 Å². The molecule has 1 rings (SSSR count). The van der Waals surface area contributed by atoms with Crippen molar-refractivity contribution in [2.24, 2.45) is 0 Å². The van der Waals surface area contributed by atoms with Crippen molar-refractivity contribution in [3.8, 4) is 0 Å². The third-order valence-corrected chi connectivity index (χ3v) is 3.23. The molecule has 0 atom stereocenters. The van der Waals surface area contributed by atoms with E-state index in [1.165, 1.54) is 16.2 Å². The van der Waals surface area contributed by atoms with Gasteiger partial charge in [-0.2, -0.15) is 0 Å². The lowest BCUT2D eigenvalue weighted by molar-refractivity contribution is -0.856. The van der Waals surface area contributed by atoms with Gasteiger partial charge in [-0.1, -0.05) is 18.2 Å². The Morgan fingerprint density at radius 1 is 1.33 bits per heavy atom. The third kappa shape index (κ3) is 4.27. The van der Waals surface area contributed by atoms with Crippen LogP contribution in [0.2, 0.25) is 0 Å². The number of likely N-dealkylation sites (N-methyl/N-ethyl adjacent to an activating group) is 1. The Bertz CT molecular complexity index is 390. The van der Waals surface area contributed by atoms with E-state index in [1.807, 2.05) is 0 Å². The van der Waals surface area contributed by atoms with Crippen LogP contribution in [0.15, 0.2) is 24.3 Å². The summed E-state index contributed by atoms with van der Waals surface area (Å²) < 4.78 is 0. The van der Waals surface area contributed by atoms with Gasteiger partial charge in [0.15, 0.2) is 5.11 Å². The van der Waals surface area contributed by atoms with Crippen molar-refractivity contribution in [1.29, 1.82) is 0 Å². The van der Waals surface area contributed by atoms with Gasteiger partial charge in [0.05, 0.1) is 27.2 Å². The van der Waals surface area contributed by atoms with Gasteiger partial charge in [0.2, 0.25) is 0 Å². The van der Waals surface area contributed by atoms with Crippen LogP contribution < -0.4 is 15.1 Å². The van der Waals surface area contributed by atoms with Crippen LogP contribution in [0.4, 0.5) is 5.69 Å². The molecule has 4 heteroatoms. The Kier molecular flexibility index (Phi) is 6.09. The maximum absolute atomic E-state index is 5.47. The van der Waals surface area contributed by atoms with Gasteiger partial charge in [0.1, 0.15) is 0 Å². The molecule has 0 spiro atoms. The number of thiocarbonyl (C=S) groups is 1. The molecular weight excluding hydrogens is 242 g/mol. The maximum atomic E-state index is 5.47. The van der Waals surface area contributed by atoms with E-state index in [9.17, 15) is 0 Å². The van der Waals surface area contributed by atoms with E-state index in [2.05, 4.69) is 62.4 Å². The van der Waals surface area contributed by atoms with Crippen LogP contribution in [-0.4, -0.2) is 38.8 Å². The van der Waals surface area contributed by atoms with Crippen molar-refractivity contribution < 1.29 is 4.90 Å². The Morgan fingerprint density at radius 2 is 2.00 bits per heavy atom. The number of quaternary nitrogens is 1. The lowest BCUT2D eigenvalue weighted by Gasteiger charge is -2.26. The molecule has 1 aromatic carbocycles. The van der Waals surface area contributed by atoms with Gasteiger partial charge in [0.25, 0.3) is 0 Å². The molecule has 100 valence electrons. The molecular formula is C14H24N3S+. The molecule has 3 nitrogen and oxygen atoms in total. The monoisotopic (exact) mass is 266 g/mol. The zero-order valence-corrected chi connectivity index (χ0v) is 12.6. The average molecular weight is 266 g/mol. The molecule has 0 aliphatic rings. The first-order valence-corrected chi connectivity index (χ1v) is 6.87. The summed E-state index contributed by atoms with van der Waals surface area (Å²) in [4.78, 5) is 3.57. The number of hydrogen-bond acceptors (Lipinski definition) is 1. The first-order valence-electron chi connectivity index (χ1n) is 6.46. The lowest BCUT2D eigenvalue weighted by atomic mass is 10.2. The van der Waals surface area contributed by atoms with E-state index in [1.54, 1.807) is 0 Å². The fraction of sp³-hybridized carbons (Fsp3) is 0.500. The summed E-state index contributed by atoms with van der Waals surface area (Å²) in [6.07, 6.45) is 0. The van der Waals surface area contributed by atoms with Gasteiger partial charge < -0.3 is 15.1 Å². The molecule has 0 fully saturated rings. The fourth-order valence-corrected chi connectivity index (χ4v) is 2.13. The average Bonchev–Trinajstić information content (AvgIpc) is 2.32. The van der Waals surface area contributed by atoms with Gasteiger partial charge in [-0.05, 0) is 37.7 Å². The number of nitrogens with zero attached hydrogens (tertiary/aromatic N) is 1. The van der Waals surface area contributed by atoms with Gasteiger partial charge >= 0.3 is 0 Å². The summed E-state index contributed by atoms with van der Waals surface area (Å²) in [5.74, 6) is 0. The van der Waals surface area contributed by atoms with Crippen molar-refractivity contribution in [2.45, 2.75) is 13.8 Å². The zero-order valence-electron chi connectivity index (χ0n) is 11.8. The van der Waals surface area contributed by atoms with Gasteiger partial charge in [-0.15, -0.1) is 0 Å². The molecule has 0 aliphatic heterocycles. The van der Waals surface area contributed by atoms with Crippen LogP contribution in [0.5, 0.6) is 0 Å². The Balaban J connectivity index is 2.66. The van der Waals surface area contributed by atoms with Crippen LogP contribution >= 0.6 is 12.2 Å². The van der Waals surface area contributed by atoms with Gasteiger partial charge in [-0.3, -0.25) is 0 Å². The molecule has 0 heterocycles. The third-order valence-electron chi connectivity index (χ3n) is 2.87. The Morgan fingerprint density at radius 3 is 2.56 bits per heavy atom. The predicted molar refractivity (Wildman–Crippen MR) is 82.5 cm³/mol. The standard InChI is InChI=1S/C14H23N3S/c1-5-17(13-9-7-6-8-12(13)2)14(18)15-10-11-16(3)4/h6-9H,5,10-11H2,1-4H3,(H,15,18)/p+1. The van der Waals surface area contributed by atoms with Gasteiger partial charge in [0, 0.05) is 12.2 Å². The summed E-state index contributed by atoms with van der Waals surface area (Å²) in [5.41, 5.74) is 2.44. The fourth-order valence-electron chi connectivity index (χ4n) is 1.80. The molecule has 0 saturated carbocycles. The first-order chi connectivity index (χ1) is 8.56. The second-order valence-corrected chi connectivity index (χ2v) is 5.11. The summed E-state index contributed by atoms with van der Waals surface area (Å²) in [5, 5.41) is 4.14. The predicted octanol–water partition coefficient (Wildman–Crippen LogP) is 0.840. The second-order valence-electron chi connectivity index (χ2n) is 4.72. The molecule has 0 unspecified atom stereocenters. The highest BCUT2D eigenvalue weighted by atomic mass is 32.1. The molecule has 0 saturated heterocycles. The quantitative estimate of drug-likeness (QED) is 0.771. The Hall–Kier alpha value is -1.13. The molecule has 0 aromatic heterocycles. The molecule has 0 radical (unpaired) electrons. The minimum atomic E-state index is 0.813. The number of hydrogen-bond donors (Lipinski definition) is 2. The molecule has 18 heavy (non-hydrogen) atoms.